The van der Waals surface area contributed by atoms with E-state index in [0.29, 0.717) is 27.9 Å². The second-order valence-electron chi connectivity index (χ2n) is 18.9. The van der Waals surface area contributed by atoms with Crippen LogP contribution in [0.4, 0.5) is 0 Å². The van der Waals surface area contributed by atoms with Crippen LogP contribution >= 0.6 is 0 Å². The number of phenols is 3. The first-order valence-electron chi connectivity index (χ1n) is 25.6. The highest BCUT2D eigenvalue weighted by Crippen LogP contribution is 2.16. The lowest BCUT2D eigenvalue weighted by atomic mass is 10.0. The van der Waals surface area contributed by atoms with Crippen LogP contribution in [0.3, 0.4) is 0 Å². The smallest absolute Gasteiger partial charge is 0.243 e. The molecule has 0 spiro atoms. The highest BCUT2D eigenvalue weighted by molar-refractivity contribution is 5.97. The first-order chi connectivity index (χ1) is 38.2. The quantitative estimate of drug-likeness (QED) is 0.0128. The molecular weight excluding hydrogens is 1030 g/mol. The van der Waals surface area contributed by atoms with Crippen molar-refractivity contribution in [2.24, 2.45) is 44.4 Å². The SMILES string of the molecule is NC(=O)[C@H](Cc1ccccc1)NC(=O)[C@H](Cc1cnc[nH]1)NC(=O)[C@H](CCCN=C(N)N)NC(=O)[C@@H](Cc1ccc(O)cc1)NC(=O)[C@H](Cc1ccc(O)cc1)NC(=O)[C@H](CCCN=C(N)N)NC(=O)[C@@H](N)Cc1ccc(O)cc1. The number of aromatic hydroxyl groups is 3. The Balaban J connectivity index is 1.45. The number of aliphatic imine (C=N–C) groups is 2. The van der Waals surface area contributed by atoms with Crippen molar-refractivity contribution in [1.82, 2.24) is 41.9 Å². The van der Waals surface area contributed by atoms with E-state index >= 15 is 0 Å². The summed E-state index contributed by atoms with van der Waals surface area (Å²) in [7, 11) is 0. The molecule has 80 heavy (non-hydrogen) atoms. The lowest BCUT2D eigenvalue weighted by molar-refractivity contribution is -0.135. The molecular formula is C54H70N16O10. The molecule has 0 aliphatic rings. The summed E-state index contributed by atoms with van der Waals surface area (Å²) < 4.78 is 0. The molecule has 426 valence electrons. The van der Waals surface area contributed by atoms with Crippen molar-refractivity contribution in [2.75, 3.05) is 13.1 Å². The molecule has 4 aromatic carbocycles. The minimum atomic E-state index is -1.51. The summed E-state index contributed by atoms with van der Waals surface area (Å²) in [5.74, 6) is -6.42. The van der Waals surface area contributed by atoms with E-state index in [4.69, 9.17) is 34.4 Å². The molecule has 0 saturated carbocycles. The third-order valence-electron chi connectivity index (χ3n) is 12.5. The van der Waals surface area contributed by atoms with Gasteiger partial charge >= 0.3 is 0 Å². The number of nitrogens with one attached hydrogen (secondary N) is 7. The number of benzene rings is 4. The number of primary amides is 1. The number of nitrogens with zero attached hydrogens (tertiary/aromatic N) is 3. The molecule has 5 aromatic rings. The van der Waals surface area contributed by atoms with Gasteiger partial charge in [0.2, 0.25) is 41.4 Å². The number of amides is 7. The van der Waals surface area contributed by atoms with Crippen molar-refractivity contribution in [2.45, 2.75) is 100 Å². The zero-order valence-corrected chi connectivity index (χ0v) is 43.8. The molecule has 26 nitrogen and oxygen atoms in total. The highest BCUT2D eigenvalue weighted by atomic mass is 16.3. The van der Waals surface area contributed by atoms with Crippen LogP contribution in [0.5, 0.6) is 17.2 Å². The van der Waals surface area contributed by atoms with Gasteiger partial charge in [-0.3, -0.25) is 43.5 Å². The van der Waals surface area contributed by atoms with Gasteiger partial charge in [-0.1, -0.05) is 66.7 Å². The number of rotatable bonds is 31. The zero-order chi connectivity index (χ0) is 58.1. The van der Waals surface area contributed by atoms with E-state index in [1.165, 1.54) is 73.2 Å². The Morgan fingerprint density at radius 3 is 1.20 bits per heavy atom. The summed E-state index contributed by atoms with van der Waals surface area (Å²) in [4.78, 5) is 114. The maximum absolute atomic E-state index is 14.8. The van der Waals surface area contributed by atoms with Gasteiger partial charge in [0.25, 0.3) is 0 Å². The number of hydrogen-bond acceptors (Lipinski definition) is 14. The van der Waals surface area contributed by atoms with Crippen LogP contribution in [-0.4, -0.2) is 134 Å². The number of carbonyl (C=O) groups is 7. The monoisotopic (exact) mass is 1100 g/mol. The normalized spacial score (nSPS) is 13.5. The number of aromatic amines is 1. The van der Waals surface area contributed by atoms with E-state index in [9.17, 15) is 48.9 Å². The highest BCUT2D eigenvalue weighted by Gasteiger charge is 2.34. The predicted octanol–water partition coefficient (Wildman–Crippen LogP) is -2.13. The van der Waals surface area contributed by atoms with Gasteiger partial charge < -0.3 is 86.6 Å². The lowest BCUT2D eigenvalue weighted by Crippen LogP contribution is -2.60. The molecule has 0 fully saturated rings. The maximum atomic E-state index is 14.8. The number of guanidine groups is 2. The van der Waals surface area contributed by atoms with Crippen LogP contribution in [0.2, 0.25) is 0 Å². The Morgan fingerprint density at radius 1 is 0.450 bits per heavy atom. The second kappa shape index (κ2) is 30.9. The number of hydrogen-bond donors (Lipinski definition) is 16. The van der Waals surface area contributed by atoms with Crippen molar-refractivity contribution < 1.29 is 48.9 Å². The summed E-state index contributed by atoms with van der Waals surface area (Å²) in [6, 6.07) is 17.0. The molecule has 1 heterocycles. The van der Waals surface area contributed by atoms with Gasteiger partial charge in [0.15, 0.2) is 11.9 Å². The van der Waals surface area contributed by atoms with Crippen LogP contribution in [0.25, 0.3) is 0 Å². The third kappa shape index (κ3) is 21.0. The molecule has 1 aromatic heterocycles. The standard InChI is InChI=1S/C54H70N16O10/c55-39(24-32-10-16-36(71)17-11-32)47(75)65-40(8-4-22-62-53(57)58)48(76)68-44(27-34-14-20-38(73)21-15-34)51(79)69-43(26-33-12-18-37(72)19-13-33)50(78)66-41(9-5-23-63-54(59)60)49(77)70-45(28-35-29-61-30-64-35)52(80)67-42(46(56)74)25-31-6-2-1-3-7-31/h1-3,6-7,10-21,29-30,39-45,71-73H,4-5,8-9,22-28,55H2,(H2,56,74)(H,61,64)(H,65,75)(H,66,78)(H,67,80)(H,68,76)(H,69,79)(H,70,77)(H4,57,58,62)(H4,59,60,63)/t39-,40-,41-,42-,43+,44-,45-/m0/s1. The number of H-pyrrole nitrogens is 1. The molecule has 5 rings (SSSR count). The van der Waals surface area contributed by atoms with E-state index in [-0.39, 0.29) is 100 Å². The van der Waals surface area contributed by atoms with Gasteiger partial charge in [0.1, 0.15) is 53.5 Å². The van der Waals surface area contributed by atoms with Crippen LogP contribution in [0, 0.1) is 0 Å². The topological polar surface area (TPSA) is 462 Å². The zero-order valence-electron chi connectivity index (χ0n) is 43.8. The van der Waals surface area contributed by atoms with Crippen molar-refractivity contribution in [3.63, 3.8) is 0 Å². The molecule has 0 aliphatic carbocycles. The maximum Gasteiger partial charge on any atom is 0.243 e. The molecule has 26 heteroatoms. The van der Waals surface area contributed by atoms with Crippen molar-refractivity contribution >= 4 is 53.3 Å². The second-order valence-corrected chi connectivity index (χ2v) is 18.9. The van der Waals surface area contributed by atoms with Gasteiger partial charge in [-0.25, -0.2) is 4.98 Å². The molecule has 22 N–H and O–H groups in total. The first-order valence-corrected chi connectivity index (χ1v) is 25.6. The summed E-state index contributed by atoms with van der Waals surface area (Å²) in [5.41, 5.74) is 36.9. The van der Waals surface area contributed by atoms with Gasteiger partial charge in [-0.05, 0) is 90.8 Å². The number of phenolic OH excluding ortho intramolecular Hbond substituents is 3. The number of nitrogens with two attached hydrogens (primary N) is 6. The molecule has 7 atom stereocenters. The van der Waals surface area contributed by atoms with Gasteiger partial charge in [0, 0.05) is 50.7 Å². The van der Waals surface area contributed by atoms with E-state index in [0.717, 1.165) is 0 Å². The van der Waals surface area contributed by atoms with Crippen LogP contribution in [0.1, 0.15) is 53.6 Å². The molecule has 0 bridgehead atoms. The fourth-order valence-corrected chi connectivity index (χ4v) is 8.22. The molecule has 0 radical (unpaired) electrons. The lowest BCUT2D eigenvalue weighted by Gasteiger charge is -2.28. The van der Waals surface area contributed by atoms with Gasteiger partial charge in [0.05, 0.1) is 12.4 Å². The Bertz CT molecular complexity index is 2880. The molecule has 0 saturated heterocycles. The van der Waals surface area contributed by atoms with E-state index < -0.39 is 83.6 Å². The van der Waals surface area contributed by atoms with E-state index in [2.05, 4.69) is 51.9 Å². The van der Waals surface area contributed by atoms with Gasteiger partial charge in [-0.2, -0.15) is 0 Å². The number of carbonyl (C=O) groups excluding carboxylic acids is 7. The Kier molecular flexibility index (Phi) is 23.6. The average molecular weight is 1100 g/mol. The minimum Gasteiger partial charge on any atom is -0.508 e. The number of imidazole rings is 1. The van der Waals surface area contributed by atoms with Crippen LogP contribution < -0.4 is 66.3 Å². The molecule has 7 amide bonds. The Hall–Kier alpha value is -9.72. The van der Waals surface area contributed by atoms with E-state index in [1.807, 2.05) is 0 Å². The van der Waals surface area contributed by atoms with Crippen LogP contribution in [-0.2, 0) is 65.7 Å². The summed E-state index contributed by atoms with van der Waals surface area (Å²) >= 11 is 0. The van der Waals surface area contributed by atoms with Crippen molar-refractivity contribution in [1.29, 1.82) is 0 Å². The largest absolute Gasteiger partial charge is 0.508 e. The summed E-state index contributed by atoms with van der Waals surface area (Å²) in [6.07, 6.45) is 2.46. The van der Waals surface area contributed by atoms with Crippen molar-refractivity contribution in [3.05, 3.63) is 144 Å². The summed E-state index contributed by atoms with van der Waals surface area (Å²) in [6.45, 7) is 0.0924. The predicted molar refractivity (Wildman–Crippen MR) is 296 cm³/mol. The Morgan fingerprint density at radius 2 is 0.800 bits per heavy atom. The molecule has 0 aliphatic heterocycles. The van der Waals surface area contributed by atoms with Gasteiger partial charge in [-0.15, -0.1) is 0 Å². The Labute approximate surface area is 461 Å². The fourth-order valence-electron chi connectivity index (χ4n) is 8.22. The summed E-state index contributed by atoms with van der Waals surface area (Å²) in [5, 5.41) is 46.1. The number of aromatic nitrogens is 2. The first kappa shape index (κ1) is 61.1. The minimum absolute atomic E-state index is 0.0113. The fraction of sp³-hybridized carbons (Fsp3) is 0.333. The van der Waals surface area contributed by atoms with Crippen LogP contribution in [0.15, 0.2) is 126 Å². The average Bonchev–Trinajstić information content (AvgIpc) is 3.95. The van der Waals surface area contributed by atoms with E-state index in [1.54, 1.807) is 42.5 Å². The van der Waals surface area contributed by atoms with Crippen molar-refractivity contribution in [3.8, 4) is 17.2 Å². The third-order valence-corrected chi connectivity index (χ3v) is 12.5. The molecule has 0 unspecified atom stereocenters.